The summed E-state index contributed by atoms with van der Waals surface area (Å²) in [6.45, 7) is 4.13. The summed E-state index contributed by atoms with van der Waals surface area (Å²) < 4.78 is 0. The molecule has 3 nitrogen and oxygen atoms in total. The molecule has 0 fully saturated rings. The second-order valence-corrected chi connectivity index (χ2v) is 5.54. The number of benzene rings is 2. The maximum atomic E-state index is 11.3. The fourth-order valence-electron chi connectivity index (χ4n) is 2.50. The highest BCUT2D eigenvalue weighted by Gasteiger charge is 2.14. The summed E-state index contributed by atoms with van der Waals surface area (Å²) in [5.41, 5.74) is 5.84. The molecule has 1 atom stereocenters. The van der Waals surface area contributed by atoms with Gasteiger partial charge in [-0.25, -0.2) is 4.79 Å². The Balaban J connectivity index is 2.06. The first-order chi connectivity index (χ1) is 9.54. The molecule has 0 aliphatic heterocycles. The van der Waals surface area contributed by atoms with Gasteiger partial charge in [-0.15, -0.1) is 11.6 Å². The molecule has 0 saturated carbocycles. The minimum atomic E-state index is -0.224. The third-order valence-electron chi connectivity index (χ3n) is 3.53. The SMILES string of the molecule is Cc1ccc(C(Cl)c2ccc3[nH]c(=O)[nH]c3c2)c(C)c1. The standard InChI is InChI=1S/C16H15ClN2O/c1-9-3-5-12(10(2)7-9)15(17)11-4-6-13-14(8-11)19-16(20)18-13/h3-8,15H,1-2H3,(H2,18,19,20). The average molecular weight is 287 g/mol. The molecule has 0 bridgehead atoms. The minimum absolute atomic E-state index is 0.199. The summed E-state index contributed by atoms with van der Waals surface area (Å²) in [5, 5.41) is -0.224. The molecule has 1 unspecified atom stereocenters. The smallest absolute Gasteiger partial charge is 0.306 e. The Labute approximate surface area is 121 Å². The second-order valence-electron chi connectivity index (χ2n) is 5.11. The largest absolute Gasteiger partial charge is 0.323 e. The van der Waals surface area contributed by atoms with Crippen LogP contribution in [-0.2, 0) is 0 Å². The zero-order chi connectivity index (χ0) is 14.3. The van der Waals surface area contributed by atoms with Gasteiger partial charge in [-0.3, -0.25) is 0 Å². The Kier molecular flexibility index (Phi) is 3.14. The molecule has 0 saturated heterocycles. The fourth-order valence-corrected chi connectivity index (χ4v) is 2.88. The summed E-state index contributed by atoms with van der Waals surface area (Å²) in [5.74, 6) is 0. The van der Waals surface area contributed by atoms with Crippen molar-refractivity contribution in [2.75, 3.05) is 0 Å². The van der Waals surface area contributed by atoms with Crippen molar-refractivity contribution in [3.63, 3.8) is 0 Å². The van der Waals surface area contributed by atoms with E-state index in [1.165, 1.54) is 11.1 Å². The van der Waals surface area contributed by atoms with E-state index >= 15 is 0 Å². The van der Waals surface area contributed by atoms with Crippen LogP contribution in [0.4, 0.5) is 0 Å². The summed E-state index contributed by atoms with van der Waals surface area (Å²) >= 11 is 6.59. The van der Waals surface area contributed by atoms with Gasteiger partial charge in [0, 0.05) is 0 Å². The molecule has 4 heteroatoms. The van der Waals surface area contributed by atoms with Gasteiger partial charge >= 0.3 is 5.69 Å². The minimum Gasteiger partial charge on any atom is -0.306 e. The van der Waals surface area contributed by atoms with Gasteiger partial charge in [-0.2, -0.15) is 0 Å². The van der Waals surface area contributed by atoms with Gasteiger partial charge in [-0.1, -0.05) is 29.8 Å². The Morgan fingerprint density at radius 3 is 2.50 bits per heavy atom. The Morgan fingerprint density at radius 1 is 1.00 bits per heavy atom. The van der Waals surface area contributed by atoms with Crippen LogP contribution in [0, 0.1) is 13.8 Å². The van der Waals surface area contributed by atoms with Crippen LogP contribution < -0.4 is 5.69 Å². The van der Waals surface area contributed by atoms with Crippen molar-refractivity contribution < 1.29 is 0 Å². The van der Waals surface area contributed by atoms with Crippen molar-refractivity contribution in [3.05, 3.63) is 69.1 Å². The predicted molar refractivity (Wildman–Crippen MR) is 82.5 cm³/mol. The number of hydrogen-bond acceptors (Lipinski definition) is 1. The van der Waals surface area contributed by atoms with E-state index < -0.39 is 0 Å². The highest BCUT2D eigenvalue weighted by Crippen LogP contribution is 2.32. The maximum Gasteiger partial charge on any atom is 0.323 e. The van der Waals surface area contributed by atoms with Crippen LogP contribution >= 0.6 is 11.6 Å². The first-order valence-electron chi connectivity index (χ1n) is 6.48. The third kappa shape index (κ3) is 2.25. The van der Waals surface area contributed by atoms with Gasteiger partial charge in [0.05, 0.1) is 16.4 Å². The lowest BCUT2D eigenvalue weighted by molar-refractivity contribution is 1.11. The van der Waals surface area contributed by atoms with Gasteiger partial charge in [-0.05, 0) is 42.7 Å². The number of imidazole rings is 1. The van der Waals surface area contributed by atoms with Crippen molar-refractivity contribution in [1.29, 1.82) is 0 Å². The Hall–Kier alpha value is -2.00. The van der Waals surface area contributed by atoms with Gasteiger partial charge in [0.2, 0.25) is 0 Å². The molecule has 0 amide bonds. The Morgan fingerprint density at radius 2 is 1.75 bits per heavy atom. The molecule has 3 aromatic rings. The molecule has 0 radical (unpaired) electrons. The Bertz CT molecular complexity index is 832. The van der Waals surface area contributed by atoms with E-state index in [9.17, 15) is 4.79 Å². The number of H-pyrrole nitrogens is 2. The molecule has 3 rings (SSSR count). The number of alkyl halides is 1. The van der Waals surface area contributed by atoms with Crippen molar-refractivity contribution >= 4 is 22.6 Å². The van der Waals surface area contributed by atoms with E-state index in [2.05, 4.69) is 42.0 Å². The quantitative estimate of drug-likeness (QED) is 0.692. The van der Waals surface area contributed by atoms with E-state index in [4.69, 9.17) is 11.6 Å². The highest BCUT2D eigenvalue weighted by molar-refractivity contribution is 6.22. The molecule has 0 aliphatic carbocycles. The number of aryl methyl sites for hydroxylation is 2. The number of rotatable bonds is 2. The van der Waals surface area contributed by atoms with E-state index in [0.29, 0.717) is 0 Å². The van der Waals surface area contributed by atoms with Crippen molar-refractivity contribution in [2.45, 2.75) is 19.2 Å². The number of aromatic nitrogens is 2. The molecule has 1 heterocycles. The first kappa shape index (κ1) is 13.0. The molecule has 1 aromatic heterocycles. The lowest BCUT2D eigenvalue weighted by Gasteiger charge is -2.14. The van der Waals surface area contributed by atoms with Crippen molar-refractivity contribution in [1.82, 2.24) is 9.97 Å². The zero-order valence-electron chi connectivity index (χ0n) is 11.3. The van der Waals surface area contributed by atoms with Crippen LogP contribution in [0.3, 0.4) is 0 Å². The summed E-state index contributed by atoms with van der Waals surface area (Å²) in [6, 6.07) is 12.0. The zero-order valence-corrected chi connectivity index (χ0v) is 12.1. The molecule has 2 N–H and O–H groups in total. The van der Waals surface area contributed by atoms with Gasteiger partial charge in [0.1, 0.15) is 0 Å². The van der Waals surface area contributed by atoms with Gasteiger partial charge < -0.3 is 9.97 Å². The lowest BCUT2D eigenvalue weighted by atomic mass is 9.98. The topological polar surface area (TPSA) is 48.6 Å². The summed E-state index contributed by atoms with van der Waals surface area (Å²) in [4.78, 5) is 16.8. The number of halogens is 1. The van der Waals surface area contributed by atoms with Crippen molar-refractivity contribution in [3.8, 4) is 0 Å². The van der Waals surface area contributed by atoms with E-state index in [0.717, 1.165) is 22.2 Å². The average Bonchev–Trinajstić information content (AvgIpc) is 2.77. The van der Waals surface area contributed by atoms with Crippen LogP contribution in [0.1, 0.15) is 27.6 Å². The number of aromatic amines is 2. The lowest BCUT2D eigenvalue weighted by Crippen LogP contribution is -1.99. The van der Waals surface area contributed by atoms with Gasteiger partial charge in [0.15, 0.2) is 0 Å². The van der Waals surface area contributed by atoms with Crippen molar-refractivity contribution in [2.24, 2.45) is 0 Å². The summed E-state index contributed by atoms with van der Waals surface area (Å²) in [6.07, 6.45) is 0. The molecule has 0 spiro atoms. The molecule has 0 aliphatic rings. The normalized spacial score (nSPS) is 12.8. The summed E-state index contributed by atoms with van der Waals surface area (Å²) in [7, 11) is 0. The molecule has 20 heavy (non-hydrogen) atoms. The molecular formula is C16H15ClN2O. The van der Waals surface area contributed by atoms with Crippen LogP contribution in [0.5, 0.6) is 0 Å². The predicted octanol–water partition coefficient (Wildman–Crippen LogP) is 3.80. The van der Waals surface area contributed by atoms with E-state index in [-0.39, 0.29) is 11.1 Å². The number of fused-ring (bicyclic) bond motifs is 1. The third-order valence-corrected chi connectivity index (χ3v) is 4.02. The van der Waals surface area contributed by atoms with Crippen LogP contribution in [0.25, 0.3) is 11.0 Å². The molecule has 102 valence electrons. The molecular weight excluding hydrogens is 272 g/mol. The number of hydrogen-bond donors (Lipinski definition) is 2. The first-order valence-corrected chi connectivity index (χ1v) is 6.91. The molecule has 2 aromatic carbocycles. The van der Waals surface area contributed by atoms with Crippen LogP contribution in [0.15, 0.2) is 41.2 Å². The monoisotopic (exact) mass is 286 g/mol. The van der Waals surface area contributed by atoms with E-state index in [1.54, 1.807) is 0 Å². The fraction of sp³-hybridized carbons (Fsp3) is 0.188. The number of nitrogens with one attached hydrogen (secondary N) is 2. The maximum absolute atomic E-state index is 11.3. The van der Waals surface area contributed by atoms with Gasteiger partial charge in [0.25, 0.3) is 0 Å². The second kappa shape index (κ2) is 4.84. The van der Waals surface area contributed by atoms with Crippen LogP contribution in [0.2, 0.25) is 0 Å². The highest BCUT2D eigenvalue weighted by atomic mass is 35.5. The van der Waals surface area contributed by atoms with Crippen LogP contribution in [-0.4, -0.2) is 9.97 Å². The van der Waals surface area contributed by atoms with E-state index in [1.807, 2.05) is 18.2 Å².